The Hall–Kier alpha value is -1.69. The molecule has 1 aromatic carbocycles. The minimum absolute atomic E-state index is 0.0540. The van der Waals surface area contributed by atoms with Crippen molar-refractivity contribution in [2.45, 2.75) is 50.2 Å². The number of benzene rings is 1. The number of ether oxygens (including phenoxy) is 1. The summed E-state index contributed by atoms with van der Waals surface area (Å²) in [5.41, 5.74) is 0.218. The molecule has 5 nitrogen and oxygen atoms in total. The first-order valence-electron chi connectivity index (χ1n) is 8.21. The molecular formula is C18H26N2O3S. The zero-order valence-corrected chi connectivity index (χ0v) is 15.6. The topological polar surface area (TPSA) is 58.6 Å². The molecule has 24 heavy (non-hydrogen) atoms. The van der Waals surface area contributed by atoms with Crippen molar-refractivity contribution in [3.05, 3.63) is 29.8 Å². The number of piperidine rings is 1. The maximum Gasteiger partial charge on any atom is 0.407 e. The number of likely N-dealkylation sites (tertiary alicyclic amines) is 1. The summed E-state index contributed by atoms with van der Waals surface area (Å²) in [6, 6.07) is 7.74. The van der Waals surface area contributed by atoms with E-state index in [-0.39, 0.29) is 18.0 Å². The van der Waals surface area contributed by atoms with Crippen LogP contribution in [0.4, 0.5) is 4.79 Å². The Balaban J connectivity index is 1.83. The summed E-state index contributed by atoms with van der Waals surface area (Å²) in [5, 5.41) is 2.89. The van der Waals surface area contributed by atoms with Gasteiger partial charge in [0.25, 0.3) is 5.91 Å². The Kier molecular flexibility index (Phi) is 6.15. The molecule has 1 heterocycles. The normalized spacial score (nSPS) is 15.9. The van der Waals surface area contributed by atoms with Crippen LogP contribution in [-0.2, 0) is 4.74 Å². The number of nitrogens with zero attached hydrogens (tertiary/aromatic N) is 1. The molecule has 1 aromatic rings. The summed E-state index contributed by atoms with van der Waals surface area (Å²) < 4.78 is 5.27. The molecule has 2 rings (SSSR count). The fraction of sp³-hybridized carbons (Fsp3) is 0.556. The molecule has 1 saturated heterocycles. The second-order valence-corrected chi connectivity index (χ2v) is 7.82. The van der Waals surface area contributed by atoms with E-state index in [1.807, 2.05) is 56.2 Å². The van der Waals surface area contributed by atoms with Crippen molar-refractivity contribution in [2.24, 2.45) is 0 Å². The van der Waals surface area contributed by atoms with E-state index in [9.17, 15) is 9.59 Å². The van der Waals surface area contributed by atoms with Gasteiger partial charge in [0.15, 0.2) is 0 Å². The fourth-order valence-electron chi connectivity index (χ4n) is 2.62. The molecule has 0 saturated carbocycles. The quantitative estimate of drug-likeness (QED) is 0.847. The zero-order valence-electron chi connectivity index (χ0n) is 14.8. The predicted octanol–water partition coefficient (Wildman–Crippen LogP) is 3.54. The highest BCUT2D eigenvalue weighted by Crippen LogP contribution is 2.18. The Labute approximate surface area is 148 Å². The number of nitrogens with one attached hydrogen (secondary N) is 1. The van der Waals surface area contributed by atoms with E-state index in [1.165, 1.54) is 0 Å². The molecule has 132 valence electrons. The number of carbonyl (C=O) groups excluding carboxylic acids is 2. The van der Waals surface area contributed by atoms with Crippen LogP contribution in [0.2, 0.25) is 0 Å². The average Bonchev–Trinajstić information content (AvgIpc) is 2.53. The van der Waals surface area contributed by atoms with Crippen molar-refractivity contribution in [2.75, 3.05) is 19.3 Å². The van der Waals surface area contributed by atoms with Crippen molar-refractivity contribution in [3.8, 4) is 0 Å². The first-order chi connectivity index (χ1) is 11.3. The first-order valence-corrected chi connectivity index (χ1v) is 9.44. The van der Waals surface area contributed by atoms with Gasteiger partial charge in [0.1, 0.15) is 5.60 Å². The molecule has 2 amide bonds. The van der Waals surface area contributed by atoms with Gasteiger partial charge in [-0.25, -0.2) is 4.79 Å². The van der Waals surface area contributed by atoms with E-state index < -0.39 is 5.60 Å². The summed E-state index contributed by atoms with van der Waals surface area (Å²) in [5.74, 6) is 0.0540. The van der Waals surface area contributed by atoms with Gasteiger partial charge in [0.2, 0.25) is 0 Å². The number of alkyl carbamates (subject to hydrolysis) is 1. The molecule has 6 heteroatoms. The molecular weight excluding hydrogens is 324 g/mol. The third kappa shape index (κ3) is 5.44. The van der Waals surface area contributed by atoms with E-state index in [0.717, 1.165) is 17.7 Å². The Morgan fingerprint density at radius 1 is 1.17 bits per heavy atom. The molecule has 0 aliphatic carbocycles. The Bertz CT molecular complexity index is 573. The Morgan fingerprint density at radius 3 is 2.25 bits per heavy atom. The maximum absolute atomic E-state index is 12.5. The summed E-state index contributed by atoms with van der Waals surface area (Å²) in [6.07, 6.45) is 3.11. The lowest BCUT2D eigenvalue weighted by atomic mass is 10.0. The molecule has 0 aromatic heterocycles. The minimum Gasteiger partial charge on any atom is -0.444 e. The van der Waals surface area contributed by atoms with Crippen molar-refractivity contribution >= 4 is 23.8 Å². The van der Waals surface area contributed by atoms with Crippen molar-refractivity contribution in [3.63, 3.8) is 0 Å². The SMILES string of the molecule is CSc1ccc(C(=O)N2CCC(NC(=O)OC(C)(C)C)CC2)cc1. The third-order valence-electron chi connectivity index (χ3n) is 3.84. The van der Waals surface area contributed by atoms with E-state index in [0.29, 0.717) is 18.7 Å². The molecule has 1 N–H and O–H groups in total. The molecule has 0 unspecified atom stereocenters. The van der Waals surface area contributed by atoms with Crippen LogP contribution in [-0.4, -0.2) is 47.9 Å². The highest BCUT2D eigenvalue weighted by atomic mass is 32.2. The van der Waals surface area contributed by atoms with Gasteiger partial charge in [-0.3, -0.25) is 4.79 Å². The van der Waals surface area contributed by atoms with Crippen LogP contribution in [0.15, 0.2) is 29.2 Å². The number of carbonyl (C=O) groups is 2. The molecule has 1 aliphatic rings. The third-order valence-corrected chi connectivity index (χ3v) is 4.58. The lowest BCUT2D eigenvalue weighted by molar-refractivity contribution is 0.0473. The number of amides is 2. The summed E-state index contributed by atoms with van der Waals surface area (Å²) in [4.78, 5) is 27.3. The van der Waals surface area contributed by atoms with Crippen LogP contribution in [0.1, 0.15) is 44.0 Å². The van der Waals surface area contributed by atoms with Crippen LogP contribution >= 0.6 is 11.8 Å². The smallest absolute Gasteiger partial charge is 0.407 e. The predicted molar refractivity (Wildman–Crippen MR) is 96.5 cm³/mol. The zero-order chi connectivity index (χ0) is 17.7. The number of hydrogen-bond acceptors (Lipinski definition) is 4. The summed E-state index contributed by atoms with van der Waals surface area (Å²) in [6.45, 7) is 6.82. The number of thioether (sulfide) groups is 1. The van der Waals surface area contributed by atoms with Crippen LogP contribution in [0, 0.1) is 0 Å². The fourth-order valence-corrected chi connectivity index (χ4v) is 3.03. The standard InChI is InChI=1S/C18H26N2O3S/c1-18(2,3)23-17(22)19-14-9-11-20(12-10-14)16(21)13-5-7-15(24-4)8-6-13/h5-8,14H,9-12H2,1-4H3,(H,19,22). The number of rotatable bonds is 3. The second kappa shape index (κ2) is 7.92. The van der Waals surface area contributed by atoms with Gasteiger partial charge in [-0.1, -0.05) is 0 Å². The van der Waals surface area contributed by atoms with Gasteiger partial charge in [0.05, 0.1) is 0 Å². The van der Waals surface area contributed by atoms with Crippen molar-refractivity contribution in [1.29, 1.82) is 0 Å². The van der Waals surface area contributed by atoms with Gasteiger partial charge in [0, 0.05) is 29.6 Å². The van der Waals surface area contributed by atoms with Crippen LogP contribution in [0.3, 0.4) is 0 Å². The second-order valence-electron chi connectivity index (χ2n) is 6.94. The van der Waals surface area contributed by atoms with E-state index in [1.54, 1.807) is 11.8 Å². The highest BCUT2D eigenvalue weighted by Gasteiger charge is 2.26. The molecule has 0 atom stereocenters. The van der Waals surface area contributed by atoms with E-state index >= 15 is 0 Å². The number of hydrogen-bond donors (Lipinski definition) is 1. The Morgan fingerprint density at radius 2 is 1.75 bits per heavy atom. The lowest BCUT2D eigenvalue weighted by Crippen LogP contribution is -2.47. The monoisotopic (exact) mass is 350 g/mol. The van der Waals surface area contributed by atoms with Crippen LogP contribution in [0.25, 0.3) is 0 Å². The highest BCUT2D eigenvalue weighted by molar-refractivity contribution is 7.98. The van der Waals surface area contributed by atoms with Gasteiger partial charge >= 0.3 is 6.09 Å². The molecule has 1 aliphatic heterocycles. The first kappa shape index (κ1) is 18.6. The molecule has 0 spiro atoms. The van der Waals surface area contributed by atoms with E-state index in [2.05, 4.69) is 5.32 Å². The largest absolute Gasteiger partial charge is 0.444 e. The van der Waals surface area contributed by atoms with Gasteiger partial charge < -0.3 is 15.0 Å². The summed E-state index contributed by atoms with van der Waals surface area (Å²) in [7, 11) is 0. The average molecular weight is 350 g/mol. The van der Waals surface area contributed by atoms with E-state index in [4.69, 9.17) is 4.74 Å². The maximum atomic E-state index is 12.5. The van der Waals surface area contributed by atoms with Gasteiger partial charge in [-0.05, 0) is 64.1 Å². The summed E-state index contributed by atoms with van der Waals surface area (Å²) >= 11 is 1.66. The molecule has 1 fully saturated rings. The molecule has 0 radical (unpaired) electrons. The van der Waals surface area contributed by atoms with Crippen molar-refractivity contribution in [1.82, 2.24) is 10.2 Å². The van der Waals surface area contributed by atoms with Gasteiger partial charge in [-0.2, -0.15) is 0 Å². The van der Waals surface area contributed by atoms with Gasteiger partial charge in [-0.15, -0.1) is 11.8 Å². The van der Waals surface area contributed by atoms with Crippen LogP contribution in [0.5, 0.6) is 0 Å². The minimum atomic E-state index is -0.496. The van der Waals surface area contributed by atoms with Crippen molar-refractivity contribution < 1.29 is 14.3 Å². The molecule has 0 bridgehead atoms. The lowest BCUT2D eigenvalue weighted by Gasteiger charge is -2.33. The van der Waals surface area contributed by atoms with Crippen LogP contribution < -0.4 is 5.32 Å².